The van der Waals surface area contributed by atoms with Gasteiger partial charge in [-0.1, -0.05) is 24.9 Å². The SMILES string of the molecule is CCCC1CCC(Nc2nnc(CCl)o2)CC1. The van der Waals surface area contributed by atoms with Crippen molar-refractivity contribution in [3.63, 3.8) is 0 Å². The zero-order valence-electron chi connectivity index (χ0n) is 10.3. The number of hydrogen-bond donors (Lipinski definition) is 1. The van der Waals surface area contributed by atoms with E-state index < -0.39 is 0 Å². The van der Waals surface area contributed by atoms with Crippen LogP contribution in [0, 0.1) is 5.92 Å². The largest absolute Gasteiger partial charge is 0.407 e. The van der Waals surface area contributed by atoms with Gasteiger partial charge < -0.3 is 9.73 Å². The minimum atomic E-state index is 0.276. The Kier molecular flexibility index (Phi) is 4.66. The summed E-state index contributed by atoms with van der Waals surface area (Å²) in [5.74, 6) is 1.67. The van der Waals surface area contributed by atoms with E-state index in [0.29, 0.717) is 17.9 Å². The summed E-state index contributed by atoms with van der Waals surface area (Å²) in [4.78, 5) is 0. The van der Waals surface area contributed by atoms with Crippen molar-refractivity contribution >= 4 is 17.6 Å². The molecule has 1 heterocycles. The zero-order valence-corrected chi connectivity index (χ0v) is 11.0. The summed E-state index contributed by atoms with van der Waals surface area (Å²) in [5.41, 5.74) is 0. The first-order valence-corrected chi connectivity index (χ1v) is 7.00. The van der Waals surface area contributed by atoms with Crippen molar-refractivity contribution < 1.29 is 4.42 Å². The third kappa shape index (κ3) is 3.60. The van der Waals surface area contributed by atoms with Gasteiger partial charge in [0.2, 0.25) is 5.89 Å². The van der Waals surface area contributed by atoms with Crippen LogP contribution in [0.15, 0.2) is 4.42 Å². The van der Waals surface area contributed by atoms with E-state index in [0.717, 1.165) is 5.92 Å². The molecule has 1 N–H and O–H groups in total. The summed E-state index contributed by atoms with van der Waals surface area (Å²) in [6.07, 6.45) is 7.67. The van der Waals surface area contributed by atoms with E-state index in [9.17, 15) is 0 Å². The van der Waals surface area contributed by atoms with E-state index in [1.54, 1.807) is 0 Å². The molecule has 0 radical (unpaired) electrons. The van der Waals surface area contributed by atoms with Crippen molar-refractivity contribution in [2.45, 2.75) is 57.4 Å². The summed E-state index contributed by atoms with van der Waals surface area (Å²) in [5, 5.41) is 11.1. The van der Waals surface area contributed by atoms with Gasteiger partial charge in [-0.2, -0.15) is 0 Å². The summed E-state index contributed by atoms with van der Waals surface area (Å²) in [7, 11) is 0. The number of hydrogen-bond acceptors (Lipinski definition) is 4. The Morgan fingerprint density at radius 3 is 2.65 bits per heavy atom. The topological polar surface area (TPSA) is 51.0 Å². The smallest absolute Gasteiger partial charge is 0.315 e. The van der Waals surface area contributed by atoms with E-state index in [1.807, 2.05) is 0 Å². The van der Waals surface area contributed by atoms with Crippen LogP contribution in [0.5, 0.6) is 0 Å². The molecular formula is C12H20ClN3O. The highest BCUT2D eigenvalue weighted by Gasteiger charge is 2.21. The van der Waals surface area contributed by atoms with Gasteiger partial charge in [0, 0.05) is 6.04 Å². The second kappa shape index (κ2) is 6.24. The number of nitrogens with one attached hydrogen (secondary N) is 1. The molecule has 1 aromatic rings. The molecule has 0 atom stereocenters. The van der Waals surface area contributed by atoms with Crippen LogP contribution in [0.2, 0.25) is 0 Å². The minimum Gasteiger partial charge on any atom is -0.407 e. The predicted molar refractivity (Wildman–Crippen MR) is 68.1 cm³/mol. The zero-order chi connectivity index (χ0) is 12.1. The lowest BCUT2D eigenvalue weighted by molar-refractivity contribution is 0.315. The van der Waals surface area contributed by atoms with Crippen LogP contribution < -0.4 is 5.32 Å². The lowest BCUT2D eigenvalue weighted by atomic mass is 9.83. The van der Waals surface area contributed by atoms with E-state index in [4.69, 9.17) is 16.0 Å². The van der Waals surface area contributed by atoms with Crippen molar-refractivity contribution in [2.24, 2.45) is 5.92 Å². The monoisotopic (exact) mass is 257 g/mol. The fourth-order valence-electron chi connectivity index (χ4n) is 2.54. The Bertz CT molecular complexity index is 334. The highest BCUT2D eigenvalue weighted by Crippen LogP contribution is 2.29. The van der Waals surface area contributed by atoms with Gasteiger partial charge in [-0.25, -0.2) is 0 Å². The molecule has 0 unspecified atom stereocenters. The number of nitrogens with zero attached hydrogens (tertiary/aromatic N) is 2. The molecule has 0 saturated heterocycles. The molecule has 5 heteroatoms. The highest BCUT2D eigenvalue weighted by atomic mass is 35.5. The predicted octanol–water partition coefficient (Wildman–Crippen LogP) is 3.58. The highest BCUT2D eigenvalue weighted by molar-refractivity contribution is 6.16. The van der Waals surface area contributed by atoms with Crippen LogP contribution in [0.25, 0.3) is 0 Å². The standard InChI is InChI=1S/C12H20ClN3O/c1-2-3-9-4-6-10(7-5-9)14-12-16-15-11(8-13)17-12/h9-10H,2-8H2,1H3,(H,14,16). The summed E-state index contributed by atoms with van der Waals surface area (Å²) < 4.78 is 5.34. The molecule has 4 nitrogen and oxygen atoms in total. The van der Waals surface area contributed by atoms with Gasteiger partial charge in [0.15, 0.2) is 0 Å². The minimum absolute atomic E-state index is 0.276. The molecule has 0 amide bonds. The number of rotatable bonds is 5. The number of anilines is 1. The average Bonchev–Trinajstić information content (AvgIpc) is 2.80. The normalized spacial score (nSPS) is 24.8. The molecular weight excluding hydrogens is 238 g/mol. The average molecular weight is 258 g/mol. The van der Waals surface area contributed by atoms with Gasteiger partial charge in [-0.05, 0) is 31.6 Å². The van der Waals surface area contributed by atoms with Crippen LogP contribution in [0.1, 0.15) is 51.3 Å². The first-order chi connectivity index (χ1) is 8.31. The molecule has 2 rings (SSSR count). The summed E-state index contributed by atoms with van der Waals surface area (Å²) in [6.45, 7) is 2.26. The molecule has 1 aliphatic rings. The van der Waals surface area contributed by atoms with Crippen LogP contribution in [0.3, 0.4) is 0 Å². The maximum Gasteiger partial charge on any atom is 0.315 e. The molecule has 0 aromatic carbocycles. The molecule has 17 heavy (non-hydrogen) atoms. The lowest BCUT2D eigenvalue weighted by Gasteiger charge is -2.28. The van der Waals surface area contributed by atoms with Gasteiger partial charge >= 0.3 is 6.01 Å². The Morgan fingerprint density at radius 2 is 2.06 bits per heavy atom. The fraction of sp³-hybridized carbons (Fsp3) is 0.833. The van der Waals surface area contributed by atoms with E-state index >= 15 is 0 Å². The first-order valence-electron chi connectivity index (χ1n) is 6.46. The van der Waals surface area contributed by atoms with Crippen molar-refractivity contribution in [3.8, 4) is 0 Å². The van der Waals surface area contributed by atoms with Gasteiger partial charge in [-0.15, -0.1) is 16.7 Å². The maximum absolute atomic E-state index is 5.61. The quantitative estimate of drug-likeness (QED) is 0.819. The van der Waals surface area contributed by atoms with Crippen molar-refractivity contribution in [1.82, 2.24) is 10.2 Å². The molecule has 1 saturated carbocycles. The van der Waals surface area contributed by atoms with Gasteiger partial charge in [-0.3, -0.25) is 0 Å². The molecule has 1 aliphatic carbocycles. The molecule has 96 valence electrons. The Hall–Kier alpha value is -0.770. The number of alkyl halides is 1. The van der Waals surface area contributed by atoms with E-state index in [2.05, 4.69) is 22.4 Å². The van der Waals surface area contributed by atoms with Gasteiger partial charge in [0.25, 0.3) is 0 Å². The van der Waals surface area contributed by atoms with Crippen molar-refractivity contribution in [2.75, 3.05) is 5.32 Å². The van der Waals surface area contributed by atoms with Crippen LogP contribution in [-0.2, 0) is 5.88 Å². The van der Waals surface area contributed by atoms with E-state index in [1.165, 1.54) is 38.5 Å². The Morgan fingerprint density at radius 1 is 1.29 bits per heavy atom. The summed E-state index contributed by atoms with van der Waals surface area (Å²) >= 11 is 5.61. The number of halogens is 1. The van der Waals surface area contributed by atoms with Crippen molar-refractivity contribution in [1.29, 1.82) is 0 Å². The molecule has 0 aliphatic heterocycles. The summed E-state index contributed by atoms with van der Waals surface area (Å²) in [6, 6.07) is 0.992. The second-order valence-electron chi connectivity index (χ2n) is 4.79. The third-order valence-electron chi connectivity index (χ3n) is 3.45. The Labute approximate surface area is 107 Å². The van der Waals surface area contributed by atoms with Crippen molar-refractivity contribution in [3.05, 3.63) is 5.89 Å². The lowest BCUT2D eigenvalue weighted by Crippen LogP contribution is -2.26. The van der Waals surface area contributed by atoms with E-state index in [-0.39, 0.29) is 5.88 Å². The van der Waals surface area contributed by atoms with Crippen LogP contribution in [0.4, 0.5) is 6.01 Å². The first kappa shape index (κ1) is 12.7. The molecule has 1 fully saturated rings. The van der Waals surface area contributed by atoms with Crippen LogP contribution >= 0.6 is 11.6 Å². The van der Waals surface area contributed by atoms with Gasteiger partial charge in [0.1, 0.15) is 5.88 Å². The maximum atomic E-state index is 5.61. The third-order valence-corrected chi connectivity index (χ3v) is 3.68. The second-order valence-corrected chi connectivity index (χ2v) is 5.05. The van der Waals surface area contributed by atoms with Gasteiger partial charge in [0.05, 0.1) is 0 Å². The molecule has 0 spiro atoms. The fourth-order valence-corrected chi connectivity index (χ4v) is 2.65. The number of aromatic nitrogens is 2. The molecule has 1 aromatic heterocycles. The van der Waals surface area contributed by atoms with Crippen LogP contribution in [-0.4, -0.2) is 16.2 Å². The molecule has 0 bridgehead atoms. The Balaban J connectivity index is 1.77.